The van der Waals surface area contributed by atoms with E-state index in [4.69, 9.17) is 4.74 Å². The van der Waals surface area contributed by atoms with E-state index in [9.17, 15) is 4.39 Å². The molecule has 0 saturated carbocycles. The van der Waals surface area contributed by atoms with E-state index >= 15 is 0 Å². The highest BCUT2D eigenvalue weighted by Crippen LogP contribution is 2.46. The van der Waals surface area contributed by atoms with Crippen molar-refractivity contribution >= 4 is 17.7 Å². The summed E-state index contributed by atoms with van der Waals surface area (Å²) in [6, 6.07) is 3.96. The molecule has 4 heterocycles. The van der Waals surface area contributed by atoms with Crippen molar-refractivity contribution in [3.63, 3.8) is 0 Å². The molecule has 2 aromatic heterocycles. The fourth-order valence-electron chi connectivity index (χ4n) is 3.09. The van der Waals surface area contributed by atoms with E-state index in [1.54, 1.807) is 6.20 Å². The van der Waals surface area contributed by atoms with E-state index in [1.807, 2.05) is 30.1 Å². The first kappa shape index (κ1) is 14.8. The summed E-state index contributed by atoms with van der Waals surface area (Å²) >= 11 is 1.96. The summed E-state index contributed by atoms with van der Waals surface area (Å²) < 4.78 is 19.1. The predicted octanol–water partition coefficient (Wildman–Crippen LogP) is 2.29. The Hall–Kier alpha value is -1.73. The van der Waals surface area contributed by atoms with Crippen LogP contribution in [0.25, 0.3) is 0 Å². The number of halogens is 1. The third-order valence-corrected chi connectivity index (χ3v) is 5.81. The van der Waals surface area contributed by atoms with Gasteiger partial charge in [0.1, 0.15) is 0 Å². The molecule has 0 radical (unpaired) electrons. The van der Waals surface area contributed by atoms with Gasteiger partial charge in [-0.3, -0.25) is 4.98 Å². The molecule has 0 aromatic carbocycles. The van der Waals surface area contributed by atoms with Crippen LogP contribution in [0.3, 0.4) is 0 Å². The molecule has 23 heavy (non-hydrogen) atoms. The van der Waals surface area contributed by atoms with Crippen molar-refractivity contribution in [3.05, 3.63) is 48.3 Å². The second-order valence-electron chi connectivity index (χ2n) is 6.05. The van der Waals surface area contributed by atoms with Crippen LogP contribution in [0, 0.1) is 5.82 Å². The van der Waals surface area contributed by atoms with Gasteiger partial charge in [0.25, 0.3) is 0 Å². The molecule has 1 spiro atoms. The highest BCUT2D eigenvalue weighted by atomic mass is 32.2. The molecular weight excluding hydrogens is 315 g/mol. The lowest BCUT2D eigenvalue weighted by Crippen LogP contribution is -2.59. The summed E-state index contributed by atoms with van der Waals surface area (Å²) in [6.45, 7) is 2.41. The number of ether oxygens (including phenoxy) is 1. The lowest BCUT2D eigenvalue weighted by molar-refractivity contribution is 0.0476. The van der Waals surface area contributed by atoms with Gasteiger partial charge in [0.05, 0.1) is 29.9 Å². The Labute approximate surface area is 138 Å². The molecule has 5 nitrogen and oxygen atoms in total. The third kappa shape index (κ3) is 3.16. The Morgan fingerprint density at radius 3 is 2.87 bits per heavy atom. The van der Waals surface area contributed by atoms with Crippen molar-refractivity contribution in [1.82, 2.24) is 15.0 Å². The standard InChI is InChI=1S/C16H17FN4OS/c17-13-6-19-15(20-7-13)21-10-16(11-21)4-14(9-23-16)22-8-12-2-1-3-18-5-12/h1-3,5-7,14H,4,8-11H2. The quantitative estimate of drug-likeness (QED) is 0.856. The number of thioether (sulfide) groups is 1. The van der Waals surface area contributed by atoms with Gasteiger partial charge in [0.2, 0.25) is 5.95 Å². The van der Waals surface area contributed by atoms with Gasteiger partial charge in [-0.2, -0.15) is 0 Å². The van der Waals surface area contributed by atoms with Crippen molar-refractivity contribution in [2.24, 2.45) is 0 Å². The highest BCUT2D eigenvalue weighted by Gasteiger charge is 2.50. The zero-order chi connectivity index (χ0) is 15.7. The maximum atomic E-state index is 12.9. The minimum absolute atomic E-state index is 0.233. The molecular formula is C16H17FN4OS. The topological polar surface area (TPSA) is 51.1 Å². The minimum Gasteiger partial charge on any atom is -0.373 e. The van der Waals surface area contributed by atoms with Crippen molar-refractivity contribution in [2.75, 3.05) is 23.7 Å². The fourth-order valence-corrected chi connectivity index (χ4v) is 4.64. The summed E-state index contributed by atoms with van der Waals surface area (Å²) in [6.07, 6.45) is 7.36. The van der Waals surface area contributed by atoms with E-state index in [0.717, 1.165) is 30.8 Å². The minimum atomic E-state index is -0.400. The Bertz CT molecular complexity index is 664. The van der Waals surface area contributed by atoms with Crippen molar-refractivity contribution in [2.45, 2.75) is 23.9 Å². The van der Waals surface area contributed by atoms with Crippen LogP contribution in [0.5, 0.6) is 0 Å². The van der Waals surface area contributed by atoms with Crippen LogP contribution >= 0.6 is 11.8 Å². The first-order valence-corrected chi connectivity index (χ1v) is 8.58. The second kappa shape index (κ2) is 6.05. The van der Waals surface area contributed by atoms with E-state index in [0.29, 0.717) is 12.6 Å². The molecule has 2 aliphatic heterocycles. The smallest absolute Gasteiger partial charge is 0.225 e. The predicted molar refractivity (Wildman–Crippen MR) is 86.8 cm³/mol. The van der Waals surface area contributed by atoms with Gasteiger partial charge < -0.3 is 9.64 Å². The van der Waals surface area contributed by atoms with Gasteiger partial charge in [-0.1, -0.05) is 6.07 Å². The summed E-state index contributed by atoms with van der Waals surface area (Å²) in [5, 5.41) is 0. The van der Waals surface area contributed by atoms with Crippen molar-refractivity contribution in [1.29, 1.82) is 0 Å². The molecule has 2 fully saturated rings. The average molecular weight is 332 g/mol. The Morgan fingerprint density at radius 2 is 2.13 bits per heavy atom. The number of pyridine rings is 1. The van der Waals surface area contributed by atoms with Crippen LogP contribution in [0.4, 0.5) is 10.3 Å². The Balaban J connectivity index is 1.29. The van der Waals surface area contributed by atoms with E-state index in [2.05, 4.69) is 19.9 Å². The SMILES string of the molecule is Fc1cnc(N2CC3(CC(OCc4cccnc4)CS3)C2)nc1. The van der Waals surface area contributed by atoms with Crippen molar-refractivity contribution in [3.8, 4) is 0 Å². The summed E-state index contributed by atoms with van der Waals surface area (Å²) in [5.41, 5.74) is 1.10. The molecule has 2 aromatic rings. The highest BCUT2D eigenvalue weighted by molar-refractivity contribution is 8.01. The average Bonchev–Trinajstić information content (AvgIpc) is 2.98. The van der Waals surface area contributed by atoms with Gasteiger partial charge in [0, 0.05) is 31.2 Å². The second-order valence-corrected chi connectivity index (χ2v) is 7.54. The van der Waals surface area contributed by atoms with Crippen molar-refractivity contribution < 1.29 is 9.13 Å². The van der Waals surface area contributed by atoms with Gasteiger partial charge in [-0.25, -0.2) is 14.4 Å². The number of hydrogen-bond donors (Lipinski definition) is 0. The fraction of sp³-hybridized carbons (Fsp3) is 0.438. The first-order valence-electron chi connectivity index (χ1n) is 7.59. The Kier molecular flexibility index (Phi) is 3.90. The van der Waals surface area contributed by atoms with E-state index in [-0.39, 0.29) is 10.9 Å². The molecule has 2 saturated heterocycles. The maximum Gasteiger partial charge on any atom is 0.225 e. The number of hydrogen-bond acceptors (Lipinski definition) is 6. The van der Waals surface area contributed by atoms with Crippen LogP contribution < -0.4 is 4.90 Å². The molecule has 0 N–H and O–H groups in total. The molecule has 2 aliphatic rings. The van der Waals surface area contributed by atoms with Crippen LogP contribution in [-0.4, -0.2) is 44.6 Å². The van der Waals surface area contributed by atoms with E-state index < -0.39 is 5.82 Å². The van der Waals surface area contributed by atoms with Crippen LogP contribution in [0.2, 0.25) is 0 Å². The number of anilines is 1. The molecule has 120 valence electrons. The van der Waals surface area contributed by atoms with Gasteiger partial charge in [-0.05, 0) is 18.1 Å². The van der Waals surface area contributed by atoms with Crippen LogP contribution in [-0.2, 0) is 11.3 Å². The molecule has 0 amide bonds. The molecule has 1 atom stereocenters. The monoisotopic (exact) mass is 332 g/mol. The molecule has 7 heteroatoms. The van der Waals surface area contributed by atoms with E-state index in [1.165, 1.54) is 12.4 Å². The largest absolute Gasteiger partial charge is 0.373 e. The number of rotatable bonds is 4. The lowest BCUT2D eigenvalue weighted by Gasteiger charge is -2.47. The summed E-state index contributed by atoms with van der Waals surface area (Å²) in [7, 11) is 0. The summed E-state index contributed by atoms with van der Waals surface area (Å²) in [5.74, 6) is 1.22. The molecule has 4 rings (SSSR count). The Morgan fingerprint density at radius 1 is 1.30 bits per heavy atom. The zero-order valence-electron chi connectivity index (χ0n) is 12.6. The number of nitrogens with zero attached hydrogens (tertiary/aromatic N) is 4. The lowest BCUT2D eigenvalue weighted by atomic mass is 9.93. The summed E-state index contributed by atoms with van der Waals surface area (Å²) in [4.78, 5) is 14.3. The van der Waals surface area contributed by atoms with Crippen LogP contribution in [0.1, 0.15) is 12.0 Å². The molecule has 0 bridgehead atoms. The normalized spacial score (nSPS) is 22.3. The first-order chi connectivity index (χ1) is 11.2. The molecule has 1 unspecified atom stereocenters. The number of aromatic nitrogens is 3. The van der Waals surface area contributed by atoms with Gasteiger partial charge >= 0.3 is 0 Å². The van der Waals surface area contributed by atoms with Gasteiger partial charge in [-0.15, -0.1) is 11.8 Å². The maximum absolute atomic E-state index is 12.9. The van der Waals surface area contributed by atoms with Gasteiger partial charge in [0.15, 0.2) is 5.82 Å². The third-order valence-electron chi connectivity index (χ3n) is 4.23. The zero-order valence-corrected chi connectivity index (χ0v) is 13.4. The molecule has 0 aliphatic carbocycles. The van der Waals surface area contributed by atoms with Crippen LogP contribution in [0.15, 0.2) is 36.9 Å².